The quantitative estimate of drug-likeness (QED) is 0.857. The summed E-state index contributed by atoms with van der Waals surface area (Å²) >= 11 is 1.69. The first-order chi connectivity index (χ1) is 13.1. The summed E-state index contributed by atoms with van der Waals surface area (Å²) in [4.78, 5) is 27.3. The van der Waals surface area contributed by atoms with Crippen molar-refractivity contribution in [3.05, 3.63) is 46.7 Å². The number of thiophene rings is 1. The van der Waals surface area contributed by atoms with Crippen LogP contribution >= 0.6 is 11.3 Å². The molecule has 142 valence electrons. The van der Waals surface area contributed by atoms with Crippen LogP contribution in [-0.4, -0.2) is 36.9 Å². The van der Waals surface area contributed by atoms with Crippen LogP contribution in [-0.2, 0) is 16.0 Å². The number of likely N-dealkylation sites (tertiary alicyclic amines) is 1. The zero-order valence-electron chi connectivity index (χ0n) is 15.7. The molecule has 1 aromatic carbocycles. The molecule has 2 fully saturated rings. The average Bonchev–Trinajstić information content (AvgIpc) is 3.31. The van der Waals surface area contributed by atoms with Crippen molar-refractivity contribution in [1.82, 2.24) is 10.2 Å². The Labute approximate surface area is 164 Å². The Morgan fingerprint density at radius 1 is 1.19 bits per heavy atom. The normalized spacial score (nSPS) is 22.5. The van der Waals surface area contributed by atoms with Gasteiger partial charge in [-0.1, -0.05) is 30.7 Å². The molecule has 1 N–H and O–H groups in total. The number of rotatable bonds is 5. The fraction of sp³-hybridized carbons (Fsp3) is 0.455. The molecular formula is C22H26N2O2S. The second kappa shape index (κ2) is 7.47. The Balaban J connectivity index is 1.51. The number of carbonyl (C=O) groups is 2. The predicted octanol–water partition coefficient (Wildman–Crippen LogP) is 3.72. The SMILES string of the molecule is CNC(=O)[C@@]1(Cc2ccc(-c3ccsc3)cc2)CCN(C(=O)C2CCC2)C1. The van der Waals surface area contributed by atoms with Gasteiger partial charge in [0.1, 0.15) is 0 Å². The summed E-state index contributed by atoms with van der Waals surface area (Å²) in [5.41, 5.74) is 3.06. The minimum absolute atomic E-state index is 0.0494. The second-order valence-electron chi connectivity index (χ2n) is 7.88. The highest BCUT2D eigenvalue weighted by atomic mass is 32.1. The van der Waals surface area contributed by atoms with Crippen molar-refractivity contribution in [1.29, 1.82) is 0 Å². The van der Waals surface area contributed by atoms with Gasteiger partial charge in [0, 0.05) is 26.1 Å². The lowest BCUT2D eigenvalue weighted by molar-refractivity contribution is -0.138. The monoisotopic (exact) mass is 382 g/mol. The third-order valence-corrected chi connectivity index (χ3v) is 6.86. The Bertz CT molecular complexity index is 811. The van der Waals surface area contributed by atoms with E-state index in [0.29, 0.717) is 19.5 Å². The highest BCUT2D eigenvalue weighted by Crippen LogP contribution is 2.38. The summed E-state index contributed by atoms with van der Waals surface area (Å²) in [6.07, 6.45) is 4.57. The van der Waals surface area contributed by atoms with E-state index in [1.54, 1.807) is 18.4 Å². The molecule has 4 rings (SSSR count). The van der Waals surface area contributed by atoms with E-state index in [-0.39, 0.29) is 17.7 Å². The van der Waals surface area contributed by atoms with Gasteiger partial charge in [0.15, 0.2) is 0 Å². The van der Waals surface area contributed by atoms with Crippen molar-refractivity contribution in [3.63, 3.8) is 0 Å². The maximum Gasteiger partial charge on any atom is 0.228 e. The van der Waals surface area contributed by atoms with Gasteiger partial charge >= 0.3 is 0 Å². The first kappa shape index (κ1) is 18.2. The molecule has 0 radical (unpaired) electrons. The van der Waals surface area contributed by atoms with E-state index < -0.39 is 5.41 Å². The van der Waals surface area contributed by atoms with E-state index in [0.717, 1.165) is 31.2 Å². The van der Waals surface area contributed by atoms with Crippen LogP contribution in [0.15, 0.2) is 41.1 Å². The number of carbonyl (C=O) groups excluding carboxylic acids is 2. The molecule has 5 heteroatoms. The molecule has 1 aromatic heterocycles. The Morgan fingerprint density at radius 3 is 2.56 bits per heavy atom. The molecule has 2 heterocycles. The molecule has 2 aliphatic rings. The third kappa shape index (κ3) is 3.53. The summed E-state index contributed by atoms with van der Waals surface area (Å²) in [7, 11) is 1.69. The lowest BCUT2D eigenvalue weighted by Gasteiger charge is -2.31. The fourth-order valence-corrected chi connectivity index (χ4v) is 4.95. The molecule has 2 amide bonds. The zero-order chi connectivity index (χ0) is 18.9. The predicted molar refractivity (Wildman–Crippen MR) is 108 cm³/mol. The third-order valence-electron chi connectivity index (χ3n) is 6.18. The number of amides is 2. The van der Waals surface area contributed by atoms with E-state index in [4.69, 9.17) is 0 Å². The second-order valence-corrected chi connectivity index (χ2v) is 8.66. The topological polar surface area (TPSA) is 49.4 Å². The molecule has 0 unspecified atom stereocenters. The van der Waals surface area contributed by atoms with Gasteiger partial charge in [0.2, 0.25) is 11.8 Å². The molecule has 0 bridgehead atoms. The van der Waals surface area contributed by atoms with Crippen LogP contribution in [0.1, 0.15) is 31.2 Å². The van der Waals surface area contributed by atoms with Crippen LogP contribution in [0.2, 0.25) is 0 Å². The lowest BCUT2D eigenvalue weighted by atomic mass is 9.79. The van der Waals surface area contributed by atoms with E-state index in [1.165, 1.54) is 11.1 Å². The van der Waals surface area contributed by atoms with Crippen LogP contribution in [0.5, 0.6) is 0 Å². The van der Waals surface area contributed by atoms with Crippen molar-refractivity contribution in [2.75, 3.05) is 20.1 Å². The van der Waals surface area contributed by atoms with E-state index in [2.05, 4.69) is 46.4 Å². The van der Waals surface area contributed by atoms with Gasteiger partial charge in [0.05, 0.1) is 5.41 Å². The molecule has 2 aromatic rings. The van der Waals surface area contributed by atoms with Crippen molar-refractivity contribution in [2.45, 2.75) is 32.1 Å². The smallest absolute Gasteiger partial charge is 0.228 e. The summed E-state index contributed by atoms with van der Waals surface area (Å²) < 4.78 is 0. The Morgan fingerprint density at radius 2 is 1.96 bits per heavy atom. The maximum absolute atomic E-state index is 12.8. The number of hydrogen-bond acceptors (Lipinski definition) is 3. The van der Waals surface area contributed by atoms with Crippen LogP contribution in [0.4, 0.5) is 0 Å². The Hall–Kier alpha value is -2.14. The standard InChI is InChI=1S/C22H26N2O2S/c1-23-21(26)22(10-11-24(15-22)20(25)18-3-2-4-18)13-16-5-7-17(8-6-16)19-9-12-27-14-19/h5-9,12,14,18H,2-4,10-11,13,15H2,1H3,(H,23,26)/t22-/m1/s1. The van der Waals surface area contributed by atoms with Gasteiger partial charge in [-0.3, -0.25) is 9.59 Å². The summed E-state index contributed by atoms with van der Waals surface area (Å²) in [5, 5.41) is 7.06. The molecule has 0 spiro atoms. The molecule has 27 heavy (non-hydrogen) atoms. The van der Waals surface area contributed by atoms with E-state index in [9.17, 15) is 9.59 Å². The molecule has 1 aliphatic heterocycles. The number of hydrogen-bond donors (Lipinski definition) is 1. The van der Waals surface area contributed by atoms with Crippen molar-refractivity contribution in [2.24, 2.45) is 11.3 Å². The molecule has 4 nitrogen and oxygen atoms in total. The summed E-state index contributed by atoms with van der Waals surface area (Å²) in [6.45, 7) is 1.23. The van der Waals surface area contributed by atoms with Gasteiger partial charge in [-0.15, -0.1) is 0 Å². The highest BCUT2D eigenvalue weighted by molar-refractivity contribution is 7.08. The van der Waals surface area contributed by atoms with Crippen LogP contribution < -0.4 is 5.32 Å². The van der Waals surface area contributed by atoms with Gasteiger partial charge in [0.25, 0.3) is 0 Å². The van der Waals surface area contributed by atoms with Crippen LogP contribution in [0, 0.1) is 11.3 Å². The average molecular weight is 383 g/mol. The molecular weight excluding hydrogens is 356 g/mol. The molecule has 1 atom stereocenters. The van der Waals surface area contributed by atoms with Gasteiger partial charge in [-0.25, -0.2) is 0 Å². The number of nitrogens with zero attached hydrogens (tertiary/aromatic N) is 1. The fourth-order valence-electron chi connectivity index (χ4n) is 4.28. The van der Waals surface area contributed by atoms with Crippen molar-refractivity contribution in [3.8, 4) is 11.1 Å². The maximum atomic E-state index is 12.8. The van der Waals surface area contributed by atoms with Gasteiger partial charge in [-0.05, 0) is 59.2 Å². The highest BCUT2D eigenvalue weighted by Gasteiger charge is 2.46. The first-order valence-electron chi connectivity index (χ1n) is 9.74. The lowest BCUT2D eigenvalue weighted by Crippen LogP contribution is -2.45. The molecule has 1 saturated carbocycles. The summed E-state index contributed by atoms with van der Waals surface area (Å²) in [5.74, 6) is 0.489. The van der Waals surface area contributed by atoms with E-state index >= 15 is 0 Å². The van der Waals surface area contributed by atoms with Gasteiger partial charge in [-0.2, -0.15) is 11.3 Å². The molecule has 1 saturated heterocycles. The zero-order valence-corrected chi connectivity index (χ0v) is 16.6. The van der Waals surface area contributed by atoms with Crippen molar-refractivity contribution < 1.29 is 9.59 Å². The number of benzene rings is 1. The number of nitrogens with one attached hydrogen (secondary N) is 1. The minimum atomic E-state index is -0.516. The molecule has 1 aliphatic carbocycles. The van der Waals surface area contributed by atoms with Crippen molar-refractivity contribution >= 4 is 23.2 Å². The first-order valence-corrected chi connectivity index (χ1v) is 10.7. The van der Waals surface area contributed by atoms with Gasteiger partial charge < -0.3 is 10.2 Å². The Kier molecular flexibility index (Phi) is 5.04. The summed E-state index contributed by atoms with van der Waals surface area (Å²) in [6, 6.07) is 10.6. The minimum Gasteiger partial charge on any atom is -0.359 e. The van der Waals surface area contributed by atoms with Crippen LogP contribution in [0.25, 0.3) is 11.1 Å². The van der Waals surface area contributed by atoms with E-state index in [1.807, 2.05) is 4.90 Å². The largest absolute Gasteiger partial charge is 0.359 e. The van der Waals surface area contributed by atoms with Crippen LogP contribution in [0.3, 0.4) is 0 Å².